The summed E-state index contributed by atoms with van der Waals surface area (Å²) in [5.74, 6) is 12.6. The van der Waals surface area contributed by atoms with E-state index in [0.29, 0.717) is 0 Å². The molecule has 23 heavy (non-hydrogen) atoms. The second-order valence-electron chi connectivity index (χ2n) is 6.18. The van der Waals surface area contributed by atoms with E-state index in [2.05, 4.69) is 42.4 Å². The first kappa shape index (κ1) is 17.6. The lowest BCUT2D eigenvalue weighted by Crippen LogP contribution is -2.29. The van der Waals surface area contributed by atoms with E-state index in [1.54, 1.807) is 0 Å². The van der Waals surface area contributed by atoms with Crippen molar-refractivity contribution in [2.75, 3.05) is 19.6 Å². The summed E-state index contributed by atoms with van der Waals surface area (Å²) in [5.41, 5.74) is 1.18. The quantitative estimate of drug-likeness (QED) is 0.865. The first-order chi connectivity index (χ1) is 11.1. The fraction of sp³-hybridized carbons (Fsp3) is 0.524. The molecule has 0 aromatic heterocycles. The van der Waals surface area contributed by atoms with E-state index in [4.69, 9.17) is 0 Å². The third-order valence-corrected chi connectivity index (χ3v) is 4.43. The highest BCUT2D eigenvalue weighted by molar-refractivity contribution is 5.42. The Labute approximate surface area is 140 Å². The lowest BCUT2D eigenvalue weighted by Gasteiger charge is -2.26. The van der Waals surface area contributed by atoms with Gasteiger partial charge in [0.05, 0.1) is 6.54 Å². The summed E-state index contributed by atoms with van der Waals surface area (Å²) in [4.78, 5) is 2.29. The Bertz CT molecular complexity index is 599. The van der Waals surface area contributed by atoms with Crippen LogP contribution in [0.15, 0.2) is 24.3 Å². The van der Waals surface area contributed by atoms with Crippen LogP contribution in [-0.4, -0.2) is 35.2 Å². The van der Waals surface area contributed by atoms with Gasteiger partial charge in [0.1, 0.15) is 5.60 Å². The number of aliphatic hydroxyl groups is 1. The van der Waals surface area contributed by atoms with Gasteiger partial charge in [-0.3, -0.25) is 4.90 Å². The molecule has 2 nitrogen and oxygen atoms in total. The Morgan fingerprint density at radius 3 is 2.09 bits per heavy atom. The molecule has 2 heteroatoms. The van der Waals surface area contributed by atoms with Gasteiger partial charge >= 0.3 is 0 Å². The maximum absolute atomic E-state index is 10.4. The molecule has 0 spiro atoms. The molecule has 0 unspecified atom stereocenters. The fourth-order valence-corrected chi connectivity index (χ4v) is 2.79. The molecule has 122 valence electrons. The molecule has 1 N–H and O–H groups in total. The third-order valence-electron chi connectivity index (χ3n) is 4.43. The van der Waals surface area contributed by atoms with E-state index in [9.17, 15) is 5.11 Å². The zero-order valence-electron chi connectivity index (χ0n) is 14.4. The third kappa shape index (κ3) is 5.76. The van der Waals surface area contributed by atoms with Crippen molar-refractivity contribution in [3.05, 3.63) is 35.4 Å². The molecule has 2 rings (SSSR count). The summed E-state index contributed by atoms with van der Waals surface area (Å²) in [6.45, 7) is 7.17. The Hall–Kier alpha value is -1.74. The molecule has 0 atom stereocenters. The summed E-state index contributed by atoms with van der Waals surface area (Å²) >= 11 is 0. The molecule has 1 aromatic carbocycles. The van der Waals surface area contributed by atoms with Crippen molar-refractivity contribution in [2.24, 2.45) is 0 Å². The number of rotatable bonds is 3. The highest BCUT2D eigenvalue weighted by Gasteiger charge is 2.26. The van der Waals surface area contributed by atoms with Gasteiger partial charge in [-0.15, -0.1) is 0 Å². The van der Waals surface area contributed by atoms with Crippen LogP contribution in [0, 0.1) is 23.7 Å². The Balaban J connectivity index is 1.96. The molecule has 1 aliphatic carbocycles. The van der Waals surface area contributed by atoms with E-state index < -0.39 is 5.60 Å². The van der Waals surface area contributed by atoms with Crippen LogP contribution < -0.4 is 0 Å². The zero-order chi connectivity index (χ0) is 16.5. The van der Waals surface area contributed by atoms with Gasteiger partial charge in [-0.05, 0) is 63.0 Å². The molecule has 0 heterocycles. The molecule has 0 radical (unpaired) electrons. The monoisotopic (exact) mass is 309 g/mol. The van der Waals surface area contributed by atoms with Gasteiger partial charge in [0, 0.05) is 11.1 Å². The molecule has 0 aliphatic heterocycles. The molecule has 0 saturated heterocycles. The standard InChI is InChI=1S/C21H27NO/c1-3-22(4-2)18-8-9-19-10-12-20(13-11-19)14-17-21(23)15-6-5-7-16-21/h10-13,23H,3-7,15-16,18H2,1-2H3. The summed E-state index contributed by atoms with van der Waals surface area (Å²) in [7, 11) is 0. The lowest BCUT2D eigenvalue weighted by atomic mass is 9.85. The number of hydrogen-bond donors (Lipinski definition) is 1. The first-order valence-electron chi connectivity index (χ1n) is 8.72. The van der Waals surface area contributed by atoms with Crippen molar-refractivity contribution in [3.63, 3.8) is 0 Å². The Morgan fingerprint density at radius 2 is 1.52 bits per heavy atom. The predicted molar refractivity (Wildman–Crippen MR) is 96.0 cm³/mol. The van der Waals surface area contributed by atoms with Crippen molar-refractivity contribution in [2.45, 2.75) is 51.6 Å². The average Bonchev–Trinajstić information content (AvgIpc) is 2.59. The zero-order valence-corrected chi connectivity index (χ0v) is 14.4. The van der Waals surface area contributed by atoms with Crippen LogP contribution in [0.1, 0.15) is 57.1 Å². The highest BCUT2D eigenvalue weighted by Crippen LogP contribution is 2.27. The second-order valence-corrected chi connectivity index (χ2v) is 6.18. The minimum Gasteiger partial charge on any atom is -0.378 e. The SMILES string of the molecule is CCN(CC)CC#Cc1ccc(C#CC2(O)CCCCC2)cc1. The van der Waals surface area contributed by atoms with Crippen molar-refractivity contribution < 1.29 is 5.11 Å². The van der Waals surface area contributed by atoms with Gasteiger partial charge in [-0.25, -0.2) is 0 Å². The van der Waals surface area contributed by atoms with Crippen molar-refractivity contribution in [1.29, 1.82) is 0 Å². The summed E-state index contributed by atoms with van der Waals surface area (Å²) < 4.78 is 0. The van der Waals surface area contributed by atoms with Gasteiger partial charge in [-0.2, -0.15) is 0 Å². The van der Waals surface area contributed by atoms with E-state index >= 15 is 0 Å². The smallest absolute Gasteiger partial charge is 0.125 e. The predicted octanol–water partition coefficient (Wildman–Crippen LogP) is 3.43. The highest BCUT2D eigenvalue weighted by atomic mass is 16.3. The van der Waals surface area contributed by atoms with E-state index in [0.717, 1.165) is 56.4 Å². The molecule has 1 fully saturated rings. The van der Waals surface area contributed by atoms with Crippen LogP contribution in [0.25, 0.3) is 0 Å². The maximum atomic E-state index is 10.4. The van der Waals surface area contributed by atoms with E-state index in [-0.39, 0.29) is 0 Å². The van der Waals surface area contributed by atoms with Gasteiger partial charge in [0.25, 0.3) is 0 Å². The molecule has 1 aromatic rings. The lowest BCUT2D eigenvalue weighted by molar-refractivity contribution is 0.0610. The van der Waals surface area contributed by atoms with Gasteiger partial charge in [0.2, 0.25) is 0 Å². The van der Waals surface area contributed by atoms with Crippen LogP contribution in [0.5, 0.6) is 0 Å². The topological polar surface area (TPSA) is 23.5 Å². The largest absolute Gasteiger partial charge is 0.378 e. The van der Waals surface area contributed by atoms with Crippen LogP contribution in [0.2, 0.25) is 0 Å². The van der Waals surface area contributed by atoms with Crippen LogP contribution in [0.3, 0.4) is 0 Å². The van der Waals surface area contributed by atoms with Gasteiger partial charge in [0.15, 0.2) is 0 Å². The van der Waals surface area contributed by atoms with Crippen molar-refractivity contribution >= 4 is 0 Å². The van der Waals surface area contributed by atoms with Crippen molar-refractivity contribution in [1.82, 2.24) is 4.90 Å². The maximum Gasteiger partial charge on any atom is 0.125 e. The molecular weight excluding hydrogens is 282 g/mol. The molecule has 1 saturated carbocycles. The number of nitrogens with zero attached hydrogens (tertiary/aromatic N) is 1. The minimum atomic E-state index is -0.777. The van der Waals surface area contributed by atoms with Gasteiger partial charge in [-0.1, -0.05) is 44.0 Å². The van der Waals surface area contributed by atoms with Crippen LogP contribution >= 0.6 is 0 Å². The van der Waals surface area contributed by atoms with Gasteiger partial charge < -0.3 is 5.11 Å². The summed E-state index contributed by atoms with van der Waals surface area (Å²) in [6, 6.07) is 7.98. The fourth-order valence-electron chi connectivity index (χ4n) is 2.79. The Morgan fingerprint density at radius 1 is 0.957 bits per heavy atom. The molecule has 0 amide bonds. The molecular formula is C21H27NO. The summed E-state index contributed by atoms with van der Waals surface area (Å²) in [6.07, 6.45) is 4.97. The van der Waals surface area contributed by atoms with Crippen LogP contribution in [0.4, 0.5) is 0 Å². The van der Waals surface area contributed by atoms with Crippen LogP contribution in [-0.2, 0) is 0 Å². The second kappa shape index (κ2) is 8.78. The Kier molecular flexibility index (Phi) is 6.72. The van der Waals surface area contributed by atoms with E-state index in [1.807, 2.05) is 24.3 Å². The summed E-state index contributed by atoms with van der Waals surface area (Å²) in [5, 5.41) is 10.4. The first-order valence-corrected chi connectivity index (χ1v) is 8.72. The molecule has 1 aliphatic rings. The average molecular weight is 309 g/mol. The molecule has 0 bridgehead atoms. The minimum absolute atomic E-state index is 0.777. The number of hydrogen-bond acceptors (Lipinski definition) is 2. The van der Waals surface area contributed by atoms with Crippen molar-refractivity contribution in [3.8, 4) is 23.7 Å². The number of benzene rings is 1. The van der Waals surface area contributed by atoms with E-state index in [1.165, 1.54) is 6.42 Å². The normalized spacial score (nSPS) is 16.2.